The van der Waals surface area contributed by atoms with Crippen LogP contribution in [0.4, 0.5) is 5.82 Å². The van der Waals surface area contributed by atoms with Crippen LogP contribution in [0.5, 0.6) is 0 Å². The van der Waals surface area contributed by atoms with E-state index in [0.717, 1.165) is 43.1 Å². The number of nitrogens with zero attached hydrogens (tertiary/aromatic N) is 3. The molecular weight excluding hydrogens is 294 g/mol. The third kappa shape index (κ3) is 2.99. The van der Waals surface area contributed by atoms with Gasteiger partial charge in [0.25, 0.3) is 0 Å². The number of anilines is 1. The molecule has 3 aromatic rings. The van der Waals surface area contributed by atoms with Crippen LogP contribution in [0.2, 0.25) is 0 Å². The van der Waals surface area contributed by atoms with Crippen LogP contribution in [0.15, 0.2) is 48.5 Å². The van der Waals surface area contributed by atoms with E-state index in [0.29, 0.717) is 0 Å². The van der Waals surface area contributed by atoms with Crippen molar-refractivity contribution < 1.29 is 0 Å². The summed E-state index contributed by atoms with van der Waals surface area (Å²) in [6.07, 6.45) is 4.40. The van der Waals surface area contributed by atoms with Gasteiger partial charge in [-0.05, 0) is 49.4 Å². The summed E-state index contributed by atoms with van der Waals surface area (Å²) in [5.74, 6) is 2.08. The Morgan fingerprint density at radius 3 is 2.46 bits per heavy atom. The van der Waals surface area contributed by atoms with Gasteiger partial charge in [-0.3, -0.25) is 0 Å². The normalized spacial score (nSPS) is 14.5. The van der Waals surface area contributed by atoms with Crippen LogP contribution in [-0.2, 0) is 12.8 Å². The summed E-state index contributed by atoms with van der Waals surface area (Å²) < 4.78 is 0. The van der Waals surface area contributed by atoms with Crippen molar-refractivity contribution in [3.05, 3.63) is 65.5 Å². The molecule has 0 N–H and O–H groups in total. The number of benzene rings is 2. The van der Waals surface area contributed by atoms with Crippen molar-refractivity contribution in [3.63, 3.8) is 0 Å². The van der Waals surface area contributed by atoms with E-state index in [4.69, 9.17) is 9.97 Å². The summed E-state index contributed by atoms with van der Waals surface area (Å²) in [6, 6.07) is 17.0. The number of fused-ring (bicyclic) bond motifs is 1. The van der Waals surface area contributed by atoms with Crippen molar-refractivity contribution in [1.82, 2.24) is 9.97 Å². The largest absolute Gasteiger partial charge is 0.356 e. The molecule has 1 fully saturated rings. The van der Waals surface area contributed by atoms with Crippen molar-refractivity contribution in [2.75, 3.05) is 18.0 Å². The van der Waals surface area contributed by atoms with E-state index in [1.54, 1.807) is 0 Å². The fourth-order valence-electron chi connectivity index (χ4n) is 3.53. The van der Waals surface area contributed by atoms with E-state index in [1.807, 2.05) is 0 Å². The Kier molecular flexibility index (Phi) is 4.16. The minimum absolute atomic E-state index is 0.885. The summed E-state index contributed by atoms with van der Waals surface area (Å²) in [5, 5.41) is 1.18. The second-order valence-corrected chi connectivity index (χ2v) is 6.60. The quantitative estimate of drug-likeness (QED) is 0.717. The van der Waals surface area contributed by atoms with Gasteiger partial charge in [-0.2, -0.15) is 0 Å². The highest BCUT2D eigenvalue weighted by Gasteiger charge is 2.18. The van der Waals surface area contributed by atoms with Crippen LogP contribution < -0.4 is 4.90 Å². The van der Waals surface area contributed by atoms with E-state index in [9.17, 15) is 0 Å². The minimum Gasteiger partial charge on any atom is -0.356 e. The third-order valence-electron chi connectivity index (χ3n) is 4.91. The van der Waals surface area contributed by atoms with Gasteiger partial charge in [-0.15, -0.1) is 0 Å². The zero-order valence-corrected chi connectivity index (χ0v) is 14.2. The predicted octanol–water partition coefficient (Wildman–Crippen LogP) is 4.32. The number of hydrogen-bond acceptors (Lipinski definition) is 3. The molecule has 0 saturated carbocycles. The SMILES string of the molecule is Cc1ccccc1CCc1nc(N2CCCC2)c2ccccc2n1. The first kappa shape index (κ1) is 15.1. The van der Waals surface area contributed by atoms with Gasteiger partial charge < -0.3 is 4.90 Å². The first-order valence-electron chi connectivity index (χ1n) is 8.86. The lowest BCUT2D eigenvalue weighted by Crippen LogP contribution is -2.20. The number of rotatable bonds is 4. The molecule has 3 heteroatoms. The fraction of sp³-hybridized carbons (Fsp3) is 0.333. The van der Waals surface area contributed by atoms with Crippen LogP contribution in [0.3, 0.4) is 0 Å². The maximum absolute atomic E-state index is 4.94. The molecule has 2 aromatic carbocycles. The third-order valence-corrected chi connectivity index (χ3v) is 4.91. The van der Waals surface area contributed by atoms with E-state index in [1.165, 1.54) is 29.4 Å². The topological polar surface area (TPSA) is 29.0 Å². The van der Waals surface area contributed by atoms with Crippen molar-refractivity contribution in [1.29, 1.82) is 0 Å². The molecule has 3 nitrogen and oxygen atoms in total. The molecular formula is C21H23N3. The highest BCUT2D eigenvalue weighted by molar-refractivity contribution is 5.89. The van der Waals surface area contributed by atoms with E-state index in [-0.39, 0.29) is 0 Å². The lowest BCUT2D eigenvalue weighted by molar-refractivity contribution is 0.845. The molecule has 0 bridgehead atoms. The number of aryl methyl sites for hydroxylation is 3. The summed E-state index contributed by atoms with van der Waals surface area (Å²) in [7, 11) is 0. The molecule has 0 amide bonds. The molecule has 0 unspecified atom stereocenters. The molecule has 122 valence electrons. The highest BCUT2D eigenvalue weighted by Crippen LogP contribution is 2.27. The molecule has 0 atom stereocenters. The monoisotopic (exact) mass is 317 g/mol. The minimum atomic E-state index is 0.885. The van der Waals surface area contributed by atoms with E-state index < -0.39 is 0 Å². The Balaban J connectivity index is 1.67. The van der Waals surface area contributed by atoms with Crippen LogP contribution in [0.1, 0.15) is 29.8 Å². The second kappa shape index (κ2) is 6.60. The number of aromatic nitrogens is 2. The molecule has 1 aliphatic rings. The van der Waals surface area contributed by atoms with Crippen molar-refractivity contribution >= 4 is 16.7 Å². The Labute approximate surface area is 143 Å². The fourth-order valence-corrected chi connectivity index (χ4v) is 3.53. The molecule has 0 spiro atoms. The van der Waals surface area contributed by atoms with Gasteiger partial charge in [0.15, 0.2) is 0 Å². The van der Waals surface area contributed by atoms with E-state index in [2.05, 4.69) is 60.4 Å². The first-order chi connectivity index (χ1) is 11.8. The zero-order valence-electron chi connectivity index (χ0n) is 14.2. The van der Waals surface area contributed by atoms with Crippen molar-refractivity contribution in [2.24, 2.45) is 0 Å². The van der Waals surface area contributed by atoms with Gasteiger partial charge in [0.05, 0.1) is 5.52 Å². The average molecular weight is 317 g/mol. The highest BCUT2D eigenvalue weighted by atomic mass is 15.2. The van der Waals surface area contributed by atoms with Crippen LogP contribution >= 0.6 is 0 Å². The Morgan fingerprint density at radius 2 is 1.62 bits per heavy atom. The zero-order chi connectivity index (χ0) is 16.4. The maximum Gasteiger partial charge on any atom is 0.140 e. The Morgan fingerprint density at radius 1 is 0.875 bits per heavy atom. The van der Waals surface area contributed by atoms with Gasteiger partial charge in [0.1, 0.15) is 11.6 Å². The molecule has 1 aromatic heterocycles. The predicted molar refractivity (Wildman–Crippen MR) is 99.6 cm³/mol. The lowest BCUT2D eigenvalue weighted by Gasteiger charge is -2.19. The van der Waals surface area contributed by atoms with Crippen LogP contribution in [-0.4, -0.2) is 23.1 Å². The summed E-state index contributed by atoms with van der Waals surface area (Å²) in [5.41, 5.74) is 3.80. The summed E-state index contributed by atoms with van der Waals surface area (Å²) in [4.78, 5) is 12.2. The lowest BCUT2D eigenvalue weighted by atomic mass is 10.0. The van der Waals surface area contributed by atoms with Crippen molar-refractivity contribution in [2.45, 2.75) is 32.6 Å². The average Bonchev–Trinajstić information content (AvgIpc) is 3.15. The van der Waals surface area contributed by atoms with Crippen molar-refractivity contribution in [3.8, 4) is 0 Å². The molecule has 4 rings (SSSR count). The molecule has 24 heavy (non-hydrogen) atoms. The van der Waals surface area contributed by atoms with Gasteiger partial charge in [-0.1, -0.05) is 36.4 Å². The van der Waals surface area contributed by atoms with E-state index >= 15 is 0 Å². The van der Waals surface area contributed by atoms with Gasteiger partial charge >= 0.3 is 0 Å². The maximum atomic E-state index is 4.94. The number of para-hydroxylation sites is 1. The summed E-state index contributed by atoms with van der Waals surface area (Å²) >= 11 is 0. The second-order valence-electron chi connectivity index (χ2n) is 6.60. The van der Waals surface area contributed by atoms with Crippen LogP contribution in [0, 0.1) is 6.92 Å². The molecule has 1 aliphatic heterocycles. The standard InChI is InChI=1S/C21H23N3/c1-16-8-2-3-9-17(16)12-13-20-22-19-11-5-4-10-18(19)21(23-20)24-14-6-7-15-24/h2-5,8-11H,6-7,12-15H2,1H3. The van der Waals surface area contributed by atoms with Gasteiger partial charge in [0.2, 0.25) is 0 Å². The molecule has 0 radical (unpaired) electrons. The summed E-state index contributed by atoms with van der Waals surface area (Å²) in [6.45, 7) is 4.39. The van der Waals surface area contributed by atoms with Gasteiger partial charge in [0, 0.05) is 24.9 Å². The van der Waals surface area contributed by atoms with Crippen LogP contribution in [0.25, 0.3) is 10.9 Å². The molecule has 1 saturated heterocycles. The first-order valence-corrected chi connectivity index (χ1v) is 8.86. The Bertz CT molecular complexity index is 851. The molecule has 0 aliphatic carbocycles. The Hall–Kier alpha value is -2.42. The van der Waals surface area contributed by atoms with Gasteiger partial charge in [-0.25, -0.2) is 9.97 Å². The smallest absolute Gasteiger partial charge is 0.140 e. The number of hydrogen-bond donors (Lipinski definition) is 0. The molecule has 2 heterocycles.